The van der Waals surface area contributed by atoms with Crippen molar-refractivity contribution in [2.24, 2.45) is 0 Å². The van der Waals surface area contributed by atoms with Gasteiger partial charge in [0.15, 0.2) is 0 Å². The molecule has 0 aliphatic carbocycles. The lowest BCUT2D eigenvalue weighted by Crippen LogP contribution is -1.90. The van der Waals surface area contributed by atoms with Gasteiger partial charge in [-0.05, 0) is 98.5 Å². The van der Waals surface area contributed by atoms with Crippen molar-refractivity contribution in [3.05, 3.63) is 166 Å². The zero-order valence-corrected chi connectivity index (χ0v) is 29.8. The largest absolute Gasteiger partial charge is 0.354 e. The number of hydrogen-bond acceptors (Lipinski definition) is 2. The normalized spacial score (nSPS) is 12.1. The SMILES string of the molecule is Cc1ccc(-c2c3nc(c(-c4ccc(C)cc4)c4ccc([nH]4)c(-c4ccc(C)cc4)c4nc(c(-c5ccc(C)cc5)c5ccc2[nH]5)C=C4)C=C3)cc1. The molecule has 0 radical (unpaired) electrons. The summed E-state index contributed by atoms with van der Waals surface area (Å²) in [5.41, 5.74) is 21.1. The van der Waals surface area contributed by atoms with Crippen molar-refractivity contribution in [3.63, 3.8) is 0 Å². The van der Waals surface area contributed by atoms with Crippen molar-refractivity contribution in [2.75, 3.05) is 0 Å². The maximum absolute atomic E-state index is 5.41. The van der Waals surface area contributed by atoms with Gasteiger partial charge in [0.05, 0.1) is 22.8 Å². The van der Waals surface area contributed by atoms with Crippen LogP contribution in [0.1, 0.15) is 45.0 Å². The lowest BCUT2D eigenvalue weighted by atomic mass is 10.0. The highest BCUT2D eigenvalue weighted by molar-refractivity contribution is 5.99. The molecule has 0 unspecified atom stereocenters. The summed E-state index contributed by atoms with van der Waals surface area (Å²) in [6, 6.07) is 43.6. The summed E-state index contributed by atoms with van der Waals surface area (Å²) in [6.45, 7) is 8.49. The average Bonchev–Trinajstić information content (AvgIpc) is 3.99. The summed E-state index contributed by atoms with van der Waals surface area (Å²) in [5, 5.41) is 0. The lowest BCUT2D eigenvalue weighted by Gasteiger charge is -2.07. The van der Waals surface area contributed by atoms with E-state index in [-0.39, 0.29) is 0 Å². The fourth-order valence-electron chi connectivity index (χ4n) is 7.30. The van der Waals surface area contributed by atoms with Crippen molar-refractivity contribution < 1.29 is 0 Å². The van der Waals surface area contributed by atoms with Gasteiger partial charge in [0.1, 0.15) is 0 Å². The Kier molecular flexibility index (Phi) is 7.66. The first-order valence-electron chi connectivity index (χ1n) is 17.8. The van der Waals surface area contributed by atoms with Crippen molar-refractivity contribution in [3.8, 4) is 44.5 Å². The Bertz CT molecular complexity index is 2350. The van der Waals surface area contributed by atoms with Crippen LogP contribution in [0.15, 0.2) is 121 Å². The second kappa shape index (κ2) is 12.7. The fourth-order valence-corrected chi connectivity index (χ4v) is 7.30. The molecule has 0 spiro atoms. The number of aryl methyl sites for hydroxylation is 4. The summed E-state index contributed by atoms with van der Waals surface area (Å²) in [5.74, 6) is 0. The second-order valence-corrected chi connectivity index (χ2v) is 14.0. The van der Waals surface area contributed by atoms with Crippen LogP contribution in [-0.4, -0.2) is 19.9 Å². The van der Waals surface area contributed by atoms with E-state index in [9.17, 15) is 0 Å². The van der Waals surface area contributed by atoms with Crippen LogP contribution in [0.2, 0.25) is 0 Å². The Morgan fingerprint density at radius 2 is 0.500 bits per heavy atom. The molecule has 0 fully saturated rings. The molecular formula is C48H38N4. The Balaban J connectivity index is 1.47. The van der Waals surface area contributed by atoms with Crippen LogP contribution in [0, 0.1) is 27.7 Å². The number of aromatic amines is 2. The first-order valence-corrected chi connectivity index (χ1v) is 17.8. The predicted molar refractivity (Wildman–Crippen MR) is 220 cm³/mol. The van der Waals surface area contributed by atoms with Crippen molar-refractivity contribution in [1.82, 2.24) is 19.9 Å². The van der Waals surface area contributed by atoms with E-state index in [1.165, 1.54) is 22.3 Å². The first kappa shape index (κ1) is 31.5. The standard InChI is InChI=1S/C48H38N4/c1-29-5-13-33(14-6-29)45-37-21-23-39(49-37)46(34-15-7-30(2)8-16-34)41-25-27-43(51-41)48(36-19-11-32(4)12-20-36)44-28-26-42(52-44)47(40-24-22-38(45)50-40)35-17-9-31(3)10-18-35/h5-28,49,52H,1-4H3. The van der Waals surface area contributed by atoms with E-state index in [1.807, 2.05) is 0 Å². The molecule has 250 valence electrons. The number of nitrogens with one attached hydrogen (secondary N) is 2. The van der Waals surface area contributed by atoms with Crippen LogP contribution < -0.4 is 0 Å². The molecule has 2 aliphatic rings. The summed E-state index contributed by atoms with van der Waals surface area (Å²) in [4.78, 5) is 18.5. The van der Waals surface area contributed by atoms with E-state index in [4.69, 9.17) is 9.97 Å². The van der Waals surface area contributed by atoms with E-state index in [0.717, 1.165) is 89.4 Å². The molecule has 7 aromatic rings. The van der Waals surface area contributed by atoms with Gasteiger partial charge in [0.2, 0.25) is 0 Å². The van der Waals surface area contributed by atoms with Gasteiger partial charge in [-0.3, -0.25) is 0 Å². The summed E-state index contributed by atoms with van der Waals surface area (Å²) >= 11 is 0. The van der Waals surface area contributed by atoms with E-state index in [1.54, 1.807) is 0 Å². The summed E-state index contributed by atoms with van der Waals surface area (Å²) in [7, 11) is 0. The zero-order valence-electron chi connectivity index (χ0n) is 29.8. The molecule has 5 heterocycles. The Morgan fingerprint density at radius 1 is 0.288 bits per heavy atom. The van der Waals surface area contributed by atoms with Gasteiger partial charge >= 0.3 is 0 Å². The first-order chi connectivity index (χ1) is 25.4. The van der Waals surface area contributed by atoms with Crippen LogP contribution >= 0.6 is 0 Å². The highest BCUT2D eigenvalue weighted by Crippen LogP contribution is 2.38. The van der Waals surface area contributed by atoms with Crippen LogP contribution in [0.25, 0.3) is 90.9 Å². The van der Waals surface area contributed by atoms with E-state index >= 15 is 0 Å². The summed E-state index contributed by atoms with van der Waals surface area (Å²) in [6.07, 6.45) is 8.61. The average molecular weight is 671 g/mol. The van der Waals surface area contributed by atoms with E-state index in [2.05, 4.69) is 183 Å². The van der Waals surface area contributed by atoms with Gasteiger partial charge in [0, 0.05) is 44.3 Å². The third-order valence-corrected chi connectivity index (χ3v) is 10.1. The Hall–Kier alpha value is -6.52. The number of hydrogen-bond donors (Lipinski definition) is 2. The topological polar surface area (TPSA) is 57.4 Å². The van der Waals surface area contributed by atoms with Gasteiger partial charge < -0.3 is 9.97 Å². The smallest absolute Gasteiger partial charge is 0.0737 e. The maximum Gasteiger partial charge on any atom is 0.0737 e. The Labute approximate surface area is 303 Å². The number of benzene rings is 4. The predicted octanol–water partition coefficient (Wildman–Crippen LogP) is 12.6. The molecule has 0 saturated carbocycles. The molecule has 2 N–H and O–H groups in total. The number of aromatic nitrogens is 4. The number of H-pyrrole nitrogens is 2. The monoisotopic (exact) mass is 670 g/mol. The van der Waals surface area contributed by atoms with Crippen LogP contribution in [-0.2, 0) is 0 Å². The quantitative estimate of drug-likeness (QED) is 0.196. The minimum atomic E-state index is 0.910. The molecule has 3 aromatic heterocycles. The van der Waals surface area contributed by atoms with Crippen LogP contribution in [0.4, 0.5) is 0 Å². The van der Waals surface area contributed by atoms with Gasteiger partial charge in [0.25, 0.3) is 0 Å². The van der Waals surface area contributed by atoms with E-state index < -0.39 is 0 Å². The third-order valence-electron chi connectivity index (χ3n) is 10.1. The molecule has 0 saturated heterocycles. The minimum absolute atomic E-state index is 0.910. The second-order valence-electron chi connectivity index (χ2n) is 14.0. The highest BCUT2D eigenvalue weighted by atomic mass is 14.8. The number of nitrogens with zero attached hydrogens (tertiary/aromatic N) is 2. The van der Waals surface area contributed by atoms with Crippen molar-refractivity contribution in [2.45, 2.75) is 27.7 Å². The van der Waals surface area contributed by atoms with Gasteiger partial charge in [-0.1, -0.05) is 119 Å². The lowest BCUT2D eigenvalue weighted by molar-refractivity contribution is 1.31. The fraction of sp³-hybridized carbons (Fsp3) is 0.0833. The molecule has 52 heavy (non-hydrogen) atoms. The van der Waals surface area contributed by atoms with E-state index in [0.29, 0.717) is 0 Å². The Morgan fingerprint density at radius 3 is 0.712 bits per heavy atom. The molecular weight excluding hydrogens is 633 g/mol. The zero-order chi connectivity index (χ0) is 35.3. The molecule has 4 heteroatoms. The number of rotatable bonds is 4. The van der Waals surface area contributed by atoms with Gasteiger partial charge in [-0.25, -0.2) is 9.97 Å². The maximum atomic E-state index is 5.41. The van der Waals surface area contributed by atoms with Crippen molar-refractivity contribution in [1.29, 1.82) is 0 Å². The molecule has 2 aliphatic heterocycles. The van der Waals surface area contributed by atoms with Crippen LogP contribution in [0.5, 0.6) is 0 Å². The van der Waals surface area contributed by atoms with Crippen molar-refractivity contribution >= 4 is 46.4 Å². The molecule has 9 rings (SSSR count). The highest BCUT2D eigenvalue weighted by Gasteiger charge is 2.19. The summed E-state index contributed by atoms with van der Waals surface area (Å²) < 4.78 is 0. The molecule has 4 nitrogen and oxygen atoms in total. The van der Waals surface area contributed by atoms with Gasteiger partial charge in [-0.15, -0.1) is 0 Å². The van der Waals surface area contributed by atoms with Crippen LogP contribution in [0.3, 0.4) is 0 Å². The third kappa shape index (κ3) is 5.69. The van der Waals surface area contributed by atoms with Gasteiger partial charge in [-0.2, -0.15) is 0 Å². The molecule has 4 aromatic carbocycles. The molecule has 8 bridgehead atoms. The molecule has 0 atom stereocenters. The molecule has 0 amide bonds. The minimum Gasteiger partial charge on any atom is -0.354 e. The number of fused-ring (bicyclic) bond motifs is 8.